The lowest BCUT2D eigenvalue weighted by molar-refractivity contribution is -0.123. The van der Waals surface area contributed by atoms with Crippen LogP contribution in [0, 0.1) is 0 Å². The van der Waals surface area contributed by atoms with Gasteiger partial charge < -0.3 is 14.6 Å². The highest BCUT2D eigenvalue weighted by atomic mass is 35.5. The van der Waals surface area contributed by atoms with E-state index in [1.54, 1.807) is 18.2 Å². The molecule has 0 saturated carbocycles. The number of para-hydroxylation sites is 1. The summed E-state index contributed by atoms with van der Waals surface area (Å²) in [5, 5.41) is 7.46. The molecule has 1 amide bonds. The Morgan fingerprint density at radius 2 is 1.80 bits per heavy atom. The summed E-state index contributed by atoms with van der Waals surface area (Å²) >= 11 is 6.03. The lowest BCUT2D eigenvalue weighted by atomic mass is 10.2. The number of carbonyl (C=O) groups excluding carboxylic acids is 1. The predicted molar refractivity (Wildman–Crippen MR) is 114 cm³/mol. The summed E-state index contributed by atoms with van der Waals surface area (Å²) in [5.74, 6) is 0.986. The second kappa shape index (κ2) is 9.24. The van der Waals surface area contributed by atoms with Crippen LogP contribution in [0.2, 0.25) is 5.02 Å². The van der Waals surface area contributed by atoms with Crippen LogP contribution in [0.4, 0.5) is 0 Å². The molecule has 6 nitrogen and oxygen atoms in total. The Labute approximate surface area is 178 Å². The molecule has 0 aliphatic carbocycles. The molecule has 0 spiro atoms. The average Bonchev–Trinajstić information content (AvgIpc) is 3.27. The third kappa shape index (κ3) is 4.85. The van der Waals surface area contributed by atoms with Crippen molar-refractivity contribution in [3.63, 3.8) is 0 Å². The molecular weight excluding hydrogens is 402 g/mol. The van der Waals surface area contributed by atoms with Gasteiger partial charge in [-0.2, -0.15) is 4.98 Å². The topological polar surface area (TPSA) is 77.2 Å². The molecule has 3 aromatic carbocycles. The molecule has 0 unspecified atom stereocenters. The second-order valence-electron chi connectivity index (χ2n) is 6.48. The summed E-state index contributed by atoms with van der Waals surface area (Å²) < 4.78 is 11.1. The van der Waals surface area contributed by atoms with Gasteiger partial charge in [-0.15, -0.1) is 0 Å². The quantitative estimate of drug-likeness (QED) is 0.467. The van der Waals surface area contributed by atoms with Crippen LogP contribution in [-0.2, 0) is 11.3 Å². The first-order valence-electron chi connectivity index (χ1n) is 9.31. The number of nitrogens with zero attached hydrogens (tertiary/aromatic N) is 2. The van der Waals surface area contributed by atoms with Gasteiger partial charge in [-0.3, -0.25) is 4.79 Å². The molecule has 0 fully saturated rings. The Hall–Kier alpha value is -3.64. The monoisotopic (exact) mass is 419 g/mol. The van der Waals surface area contributed by atoms with E-state index in [9.17, 15) is 4.79 Å². The third-order valence-electron chi connectivity index (χ3n) is 4.32. The minimum atomic E-state index is -0.221. The Morgan fingerprint density at radius 1 is 1.00 bits per heavy atom. The van der Waals surface area contributed by atoms with Crippen molar-refractivity contribution in [3.05, 3.63) is 89.4 Å². The SMILES string of the molecule is O=C(COc1ccccc1-c1noc(-c2cccc(Cl)c2)n1)NCc1ccccc1. The molecule has 1 heterocycles. The number of aromatic nitrogens is 2. The fourth-order valence-electron chi connectivity index (χ4n) is 2.84. The van der Waals surface area contributed by atoms with Crippen molar-refractivity contribution in [2.75, 3.05) is 6.61 Å². The highest BCUT2D eigenvalue weighted by Crippen LogP contribution is 2.30. The summed E-state index contributed by atoms with van der Waals surface area (Å²) in [6.07, 6.45) is 0. The Kier molecular flexibility index (Phi) is 6.06. The maximum absolute atomic E-state index is 12.2. The van der Waals surface area contributed by atoms with Crippen molar-refractivity contribution in [2.24, 2.45) is 0 Å². The van der Waals surface area contributed by atoms with E-state index in [-0.39, 0.29) is 12.5 Å². The molecule has 30 heavy (non-hydrogen) atoms. The van der Waals surface area contributed by atoms with Gasteiger partial charge in [-0.1, -0.05) is 65.3 Å². The van der Waals surface area contributed by atoms with Gasteiger partial charge in [0.15, 0.2) is 6.61 Å². The number of nitrogens with one attached hydrogen (secondary N) is 1. The summed E-state index contributed by atoms with van der Waals surface area (Å²) in [6, 6.07) is 24.1. The van der Waals surface area contributed by atoms with Crippen LogP contribution in [-0.4, -0.2) is 22.7 Å². The predicted octanol–water partition coefficient (Wildman–Crippen LogP) is 4.75. The second-order valence-corrected chi connectivity index (χ2v) is 6.92. The van der Waals surface area contributed by atoms with E-state index >= 15 is 0 Å². The van der Waals surface area contributed by atoms with E-state index in [1.165, 1.54) is 0 Å². The highest BCUT2D eigenvalue weighted by Gasteiger charge is 2.15. The van der Waals surface area contributed by atoms with Gasteiger partial charge >= 0.3 is 0 Å². The van der Waals surface area contributed by atoms with E-state index in [0.29, 0.717) is 34.6 Å². The van der Waals surface area contributed by atoms with Crippen molar-refractivity contribution in [3.8, 4) is 28.6 Å². The summed E-state index contributed by atoms with van der Waals surface area (Å²) in [5.41, 5.74) is 2.37. The van der Waals surface area contributed by atoms with Crippen LogP contribution in [0.25, 0.3) is 22.8 Å². The largest absolute Gasteiger partial charge is 0.483 e. The van der Waals surface area contributed by atoms with Gasteiger partial charge in [0.1, 0.15) is 5.75 Å². The Morgan fingerprint density at radius 3 is 2.63 bits per heavy atom. The summed E-state index contributed by atoms with van der Waals surface area (Å²) in [4.78, 5) is 16.6. The zero-order chi connectivity index (χ0) is 20.8. The number of ether oxygens (including phenoxy) is 1. The molecule has 7 heteroatoms. The number of rotatable bonds is 7. The molecule has 150 valence electrons. The van der Waals surface area contributed by atoms with Crippen LogP contribution in [0.1, 0.15) is 5.56 Å². The van der Waals surface area contributed by atoms with E-state index in [4.69, 9.17) is 20.9 Å². The zero-order valence-electron chi connectivity index (χ0n) is 15.9. The van der Waals surface area contributed by atoms with Crippen LogP contribution in [0.5, 0.6) is 5.75 Å². The van der Waals surface area contributed by atoms with E-state index in [0.717, 1.165) is 11.1 Å². The molecule has 4 aromatic rings. The molecular formula is C23H18ClN3O3. The molecule has 4 rings (SSSR count). The van der Waals surface area contributed by atoms with Gasteiger partial charge in [-0.05, 0) is 35.9 Å². The maximum atomic E-state index is 12.2. The van der Waals surface area contributed by atoms with Crippen molar-refractivity contribution in [1.29, 1.82) is 0 Å². The van der Waals surface area contributed by atoms with Gasteiger partial charge in [0.2, 0.25) is 5.82 Å². The van der Waals surface area contributed by atoms with Crippen LogP contribution in [0.3, 0.4) is 0 Å². The molecule has 1 aromatic heterocycles. The van der Waals surface area contributed by atoms with E-state index in [1.807, 2.05) is 60.7 Å². The number of hydrogen-bond donors (Lipinski definition) is 1. The fourth-order valence-corrected chi connectivity index (χ4v) is 3.03. The first-order valence-corrected chi connectivity index (χ1v) is 9.69. The van der Waals surface area contributed by atoms with E-state index in [2.05, 4.69) is 15.5 Å². The molecule has 0 aliphatic heterocycles. The smallest absolute Gasteiger partial charge is 0.258 e. The molecule has 1 N–H and O–H groups in total. The lowest BCUT2D eigenvalue weighted by Crippen LogP contribution is -2.28. The molecule has 0 bridgehead atoms. The molecule has 0 saturated heterocycles. The standard InChI is InChI=1S/C23H18ClN3O3/c24-18-10-6-9-17(13-18)23-26-22(27-30-23)19-11-4-5-12-20(19)29-15-21(28)25-14-16-7-2-1-3-8-16/h1-13H,14-15H2,(H,25,28). The van der Waals surface area contributed by atoms with Crippen LogP contribution < -0.4 is 10.1 Å². The maximum Gasteiger partial charge on any atom is 0.258 e. The lowest BCUT2D eigenvalue weighted by Gasteiger charge is -2.10. The van der Waals surface area contributed by atoms with Crippen molar-refractivity contribution in [2.45, 2.75) is 6.54 Å². The summed E-state index contributed by atoms with van der Waals surface area (Å²) in [6.45, 7) is 0.321. The van der Waals surface area contributed by atoms with Crippen molar-refractivity contribution >= 4 is 17.5 Å². The van der Waals surface area contributed by atoms with Gasteiger partial charge in [0.25, 0.3) is 11.8 Å². The van der Waals surface area contributed by atoms with Crippen LogP contribution in [0.15, 0.2) is 83.4 Å². The summed E-state index contributed by atoms with van der Waals surface area (Å²) in [7, 11) is 0. The number of halogens is 1. The minimum absolute atomic E-state index is 0.122. The van der Waals surface area contributed by atoms with E-state index < -0.39 is 0 Å². The third-order valence-corrected chi connectivity index (χ3v) is 4.55. The fraction of sp³-hybridized carbons (Fsp3) is 0.0870. The van der Waals surface area contributed by atoms with Gasteiger partial charge in [0, 0.05) is 17.1 Å². The molecule has 0 aliphatic rings. The number of hydrogen-bond acceptors (Lipinski definition) is 5. The Bertz CT molecular complexity index is 1150. The first kappa shape index (κ1) is 19.7. The highest BCUT2D eigenvalue weighted by molar-refractivity contribution is 6.30. The number of amides is 1. The average molecular weight is 420 g/mol. The van der Waals surface area contributed by atoms with Gasteiger partial charge in [0.05, 0.1) is 5.56 Å². The zero-order valence-corrected chi connectivity index (χ0v) is 16.7. The molecule has 0 radical (unpaired) electrons. The van der Waals surface area contributed by atoms with Crippen molar-refractivity contribution in [1.82, 2.24) is 15.5 Å². The van der Waals surface area contributed by atoms with Crippen LogP contribution >= 0.6 is 11.6 Å². The minimum Gasteiger partial charge on any atom is -0.483 e. The first-order chi connectivity index (χ1) is 14.7. The van der Waals surface area contributed by atoms with Gasteiger partial charge in [-0.25, -0.2) is 0 Å². The molecule has 0 atom stereocenters. The number of benzene rings is 3. The van der Waals surface area contributed by atoms with Crippen molar-refractivity contribution < 1.29 is 14.1 Å². The normalized spacial score (nSPS) is 10.6. The Balaban J connectivity index is 1.43. The number of carbonyl (C=O) groups is 1.